The third kappa shape index (κ3) is 2.05. The quantitative estimate of drug-likeness (QED) is 0.722. The monoisotopic (exact) mass is 275 g/mol. The van der Waals surface area contributed by atoms with Crippen LogP contribution < -0.4 is 0 Å². The van der Waals surface area contributed by atoms with E-state index in [1.54, 1.807) is 12.4 Å². The number of hydrogen-bond donors (Lipinski definition) is 1. The molecular weight excluding hydrogens is 266 g/mol. The van der Waals surface area contributed by atoms with Crippen LogP contribution in [0.5, 0.6) is 0 Å². The number of nitrogens with zero attached hydrogens (tertiary/aromatic N) is 2. The van der Waals surface area contributed by atoms with E-state index in [1.807, 2.05) is 30.3 Å². The number of aromatic amines is 1. The van der Waals surface area contributed by atoms with Gasteiger partial charge >= 0.3 is 0 Å². The molecule has 0 fully saturated rings. The number of rotatable bonds is 2. The topological polar surface area (TPSA) is 33.6 Å². The molecule has 0 unspecified atom stereocenters. The van der Waals surface area contributed by atoms with Crippen LogP contribution in [0, 0.1) is 4.77 Å². The van der Waals surface area contributed by atoms with Crippen molar-refractivity contribution in [1.82, 2.24) is 14.5 Å². The lowest BCUT2D eigenvalue weighted by molar-refractivity contribution is 0.809. The Kier molecular flexibility index (Phi) is 2.89. The van der Waals surface area contributed by atoms with Crippen LogP contribution >= 0.6 is 23.8 Å². The molecule has 90 valence electrons. The maximum absolute atomic E-state index is 5.97. The molecule has 0 aliphatic heterocycles. The number of hydrogen-bond acceptors (Lipinski definition) is 2. The van der Waals surface area contributed by atoms with E-state index in [0.29, 0.717) is 9.79 Å². The number of fused-ring (bicyclic) bond motifs is 1. The third-order valence-electron chi connectivity index (χ3n) is 2.83. The summed E-state index contributed by atoms with van der Waals surface area (Å²) in [6.45, 7) is 0.725. The van der Waals surface area contributed by atoms with Crippen LogP contribution in [-0.4, -0.2) is 14.5 Å². The predicted molar refractivity (Wildman–Crippen MR) is 75.5 cm³/mol. The van der Waals surface area contributed by atoms with Gasteiger partial charge in [0.15, 0.2) is 4.77 Å². The molecule has 0 atom stereocenters. The summed E-state index contributed by atoms with van der Waals surface area (Å²) in [6.07, 6.45) is 3.56. The van der Waals surface area contributed by atoms with Gasteiger partial charge in [0.05, 0.1) is 17.6 Å². The van der Waals surface area contributed by atoms with Gasteiger partial charge < -0.3 is 9.55 Å². The first-order valence-electron chi connectivity index (χ1n) is 5.51. The van der Waals surface area contributed by atoms with Crippen LogP contribution in [0.1, 0.15) is 5.56 Å². The summed E-state index contributed by atoms with van der Waals surface area (Å²) in [4.78, 5) is 7.18. The molecule has 1 N–H and O–H groups in total. The van der Waals surface area contributed by atoms with E-state index in [9.17, 15) is 0 Å². The molecule has 0 aliphatic carbocycles. The first kappa shape index (κ1) is 11.4. The van der Waals surface area contributed by atoms with Gasteiger partial charge in [-0.25, -0.2) is 0 Å². The highest BCUT2D eigenvalue weighted by molar-refractivity contribution is 7.71. The van der Waals surface area contributed by atoms with Gasteiger partial charge in [-0.1, -0.05) is 11.6 Å². The Bertz CT molecular complexity index is 746. The minimum atomic E-state index is 0.698. The lowest BCUT2D eigenvalue weighted by atomic mass is 10.2. The van der Waals surface area contributed by atoms with Gasteiger partial charge in [0, 0.05) is 17.4 Å². The van der Waals surface area contributed by atoms with E-state index in [4.69, 9.17) is 23.8 Å². The molecule has 2 aromatic heterocycles. The normalized spacial score (nSPS) is 10.9. The zero-order valence-electron chi connectivity index (χ0n) is 9.43. The largest absolute Gasteiger partial charge is 0.331 e. The molecule has 2 heterocycles. The molecule has 18 heavy (non-hydrogen) atoms. The van der Waals surface area contributed by atoms with Crippen molar-refractivity contribution in [2.24, 2.45) is 0 Å². The Morgan fingerprint density at radius 3 is 2.78 bits per heavy atom. The molecule has 0 amide bonds. The van der Waals surface area contributed by atoms with Crippen LogP contribution in [0.2, 0.25) is 5.02 Å². The zero-order chi connectivity index (χ0) is 12.5. The number of pyridine rings is 1. The van der Waals surface area contributed by atoms with E-state index >= 15 is 0 Å². The molecule has 1 aromatic carbocycles. The Hall–Kier alpha value is -1.65. The summed E-state index contributed by atoms with van der Waals surface area (Å²) in [5, 5.41) is 0.704. The van der Waals surface area contributed by atoms with Gasteiger partial charge in [-0.15, -0.1) is 0 Å². The Balaban J connectivity index is 2.12. The number of H-pyrrole nitrogens is 1. The highest BCUT2D eigenvalue weighted by Crippen LogP contribution is 2.20. The summed E-state index contributed by atoms with van der Waals surface area (Å²) in [7, 11) is 0. The minimum Gasteiger partial charge on any atom is -0.331 e. The fourth-order valence-corrected chi connectivity index (χ4v) is 2.41. The fraction of sp³-hybridized carbons (Fsp3) is 0.0769. The lowest BCUT2D eigenvalue weighted by Gasteiger charge is -2.04. The average molecular weight is 276 g/mol. The molecule has 0 saturated carbocycles. The second-order valence-electron chi connectivity index (χ2n) is 4.03. The van der Waals surface area contributed by atoms with Crippen molar-refractivity contribution in [3.05, 3.63) is 58.1 Å². The summed E-state index contributed by atoms with van der Waals surface area (Å²) < 4.78 is 2.75. The molecule has 0 radical (unpaired) electrons. The number of halogens is 1. The lowest BCUT2D eigenvalue weighted by Crippen LogP contribution is -1.99. The van der Waals surface area contributed by atoms with Crippen molar-refractivity contribution in [3.63, 3.8) is 0 Å². The number of nitrogens with one attached hydrogen (secondary N) is 1. The minimum absolute atomic E-state index is 0.698. The zero-order valence-corrected chi connectivity index (χ0v) is 11.0. The summed E-state index contributed by atoms with van der Waals surface area (Å²) in [6, 6.07) is 9.70. The highest BCUT2D eigenvalue weighted by atomic mass is 35.5. The van der Waals surface area contributed by atoms with Crippen LogP contribution in [0.3, 0.4) is 0 Å². The molecule has 3 aromatic rings. The van der Waals surface area contributed by atoms with Crippen molar-refractivity contribution in [3.8, 4) is 0 Å². The van der Waals surface area contributed by atoms with Crippen LogP contribution in [0.4, 0.5) is 0 Å². The second kappa shape index (κ2) is 4.55. The molecule has 0 saturated heterocycles. The van der Waals surface area contributed by atoms with E-state index in [2.05, 4.69) is 14.5 Å². The predicted octanol–water partition coefficient (Wildman–Crippen LogP) is 3.80. The summed E-state index contributed by atoms with van der Waals surface area (Å²) in [5.74, 6) is 0. The van der Waals surface area contributed by atoms with Crippen molar-refractivity contribution < 1.29 is 0 Å². The van der Waals surface area contributed by atoms with Crippen molar-refractivity contribution >= 4 is 34.9 Å². The first-order valence-corrected chi connectivity index (χ1v) is 6.29. The average Bonchev–Trinajstić information content (AvgIpc) is 2.66. The van der Waals surface area contributed by atoms with Gasteiger partial charge in [0.2, 0.25) is 0 Å². The van der Waals surface area contributed by atoms with Gasteiger partial charge in [0.25, 0.3) is 0 Å². The number of benzene rings is 1. The first-order chi connectivity index (χ1) is 8.74. The summed E-state index contributed by atoms with van der Waals surface area (Å²) in [5.41, 5.74) is 3.18. The SMILES string of the molecule is S=c1[nH]c2cc(Cl)ccc2n1Cc1ccncc1. The van der Waals surface area contributed by atoms with E-state index < -0.39 is 0 Å². The molecule has 3 nitrogen and oxygen atoms in total. The number of imidazole rings is 1. The maximum atomic E-state index is 5.97. The highest BCUT2D eigenvalue weighted by Gasteiger charge is 2.05. The summed E-state index contributed by atoms with van der Waals surface area (Å²) >= 11 is 11.3. The Morgan fingerprint density at radius 2 is 2.00 bits per heavy atom. The van der Waals surface area contributed by atoms with Gasteiger partial charge in [-0.2, -0.15) is 0 Å². The van der Waals surface area contributed by atoms with Gasteiger partial charge in [-0.3, -0.25) is 4.98 Å². The third-order valence-corrected chi connectivity index (χ3v) is 3.38. The van der Waals surface area contributed by atoms with Gasteiger partial charge in [0.1, 0.15) is 0 Å². The van der Waals surface area contributed by atoms with Crippen LogP contribution in [-0.2, 0) is 6.54 Å². The van der Waals surface area contributed by atoms with E-state index in [1.165, 1.54) is 0 Å². The molecule has 3 rings (SSSR count). The van der Waals surface area contributed by atoms with Crippen LogP contribution in [0.15, 0.2) is 42.7 Å². The second-order valence-corrected chi connectivity index (χ2v) is 4.86. The smallest absolute Gasteiger partial charge is 0.178 e. The van der Waals surface area contributed by atoms with Crippen molar-refractivity contribution in [2.45, 2.75) is 6.54 Å². The fourth-order valence-electron chi connectivity index (χ4n) is 1.96. The van der Waals surface area contributed by atoms with Crippen molar-refractivity contribution in [1.29, 1.82) is 0 Å². The molecule has 0 bridgehead atoms. The molecule has 0 aliphatic rings. The molecule has 5 heteroatoms. The van der Waals surface area contributed by atoms with E-state index in [0.717, 1.165) is 23.1 Å². The number of aromatic nitrogens is 3. The van der Waals surface area contributed by atoms with Crippen molar-refractivity contribution in [2.75, 3.05) is 0 Å². The Morgan fingerprint density at radius 1 is 1.22 bits per heavy atom. The maximum Gasteiger partial charge on any atom is 0.178 e. The molecule has 0 spiro atoms. The van der Waals surface area contributed by atoms with Gasteiger partial charge in [-0.05, 0) is 48.1 Å². The standard InChI is InChI=1S/C13H10ClN3S/c14-10-1-2-12-11(7-10)16-13(18)17(12)8-9-3-5-15-6-4-9/h1-7H,8H2,(H,16,18). The van der Waals surface area contributed by atoms with Crippen LogP contribution in [0.25, 0.3) is 11.0 Å². The Labute approximate surface area is 114 Å². The molecular formula is C13H10ClN3S. The van der Waals surface area contributed by atoms with E-state index in [-0.39, 0.29) is 0 Å².